The van der Waals surface area contributed by atoms with Crippen molar-refractivity contribution in [1.82, 2.24) is 9.88 Å². The Balaban J connectivity index is 1.20. The summed E-state index contributed by atoms with van der Waals surface area (Å²) in [5.41, 5.74) is 0.946. The van der Waals surface area contributed by atoms with Gasteiger partial charge < -0.3 is 9.64 Å². The van der Waals surface area contributed by atoms with Crippen LogP contribution >= 0.6 is 22.9 Å². The molecule has 0 radical (unpaired) electrons. The van der Waals surface area contributed by atoms with Gasteiger partial charge >= 0.3 is 0 Å². The monoisotopic (exact) mass is 492 g/mol. The Labute approximate surface area is 197 Å². The van der Waals surface area contributed by atoms with Gasteiger partial charge in [-0.15, -0.1) is 11.3 Å². The molecular weight excluding hydrogens is 468 g/mol. The van der Waals surface area contributed by atoms with E-state index in [4.69, 9.17) is 21.3 Å². The first-order valence-electron chi connectivity index (χ1n) is 10.6. The van der Waals surface area contributed by atoms with E-state index in [9.17, 15) is 13.2 Å². The molecule has 0 spiro atoms. The Morgan fingerprint density at radius 1 is 1.19 bits per heavy atom. The Hall–Kier alpha value is -2.16. The fraction of sp³-hybridized carbons (Fsp3) is 0.391. The van der Waals surface area contributed by atoms with Gasteiger partial charge in [0, 0.05) is 36.7 Å². The largest absolute Gasteiger partial charge is 0.494 e. The number of nitrogens with zero attached hydrogens (tertiary/aromatic N) is 2. The van der Waals surface area contributed by atoms with Crippen molar-refractivity contribution in [3.63, 3.8) is 0 Å². The molecule has 4 rings (SSSR count). The van der Waals surface area contributed by atoms with E-state index in [0.29, 0.717) is 36.1 Å². The lowest BCUT2D eigenvalue weighted by Crippen LogP contribution is -2.37. The molecule has 1 aliphatic rings. The molecule has 2 aromatic carbocycles. The fourth-order valence-corrected chi connectivity index (χ4v) is 5.74. The smallest absolute Gasteiger partial charge is 0.222 e. The Morgan fingerprint density at radius 3 is 2.59 bits per heavy atom. The number of hydrogen-bond acceptors (Lipinski definition) is 6. The standard InChI is InChI=1S/C23H25ClN2O4S2/c1-32(28,29)19-7-5-18(6-8-19)30-14-2-3-22(27)26-12-10-16(11-13-26)23-25-20-15-17(24)4-9-21(20)31-23/h4-9,15-16H,2-3,10-14H2,1H3. The number of thiazole rings is 1. The molecule has 0 atom stereocenters. The Kier molecular flexibility index (Phi) is 7.02. The molecule has 0 unspecified atom stereocenters. The molecule has 9 heteroatoms. The van der Waals surface area contributed by atoms with E-state index in [1.807, 2.05) is 23.1 Å². The number of ether oxygens (including phenoxy) is 1. The van der Waals surface area contributed by atoms with E-state index in [2.05, 4.69) is 0 Å². The summed E-state index contributed by atoms with van der Waals surface area (Å²) in [6.45, 7) is 1.90. The number of aromatic nitrogens is 1. The molecule has 32 heavy (non-hydrogen) atoms. The first-order chi connectivity index (χ1) is 15.3. The minimum absolute atomic E-state index is 0.149. The van der Waals surface area contributed by atoms with E-state index in [1.54, 1.807) is 23.5 Å². The zero-order valence-corrected chi connectivity index (χ0v) is 20.2. The second kappa shape index (κ2) is 9.77. The molecule has 1 amide bonds. The zero-order valence-electron chi connectivity index (χ0n) is 17.8. The molecule has 1 fully saturated rings. The van der Waals surface area contributed by atoms with Gasteiger partial charge in [-0.2, -0.15) is 0 Å². The minimum atomic E-state index is -3.21. The van der Waals surface area contributed by atoms with Crippen LogP contribution in [0.4, 0.5) is 0 Å². The highest BCUT2D eigenvalue weighted by Crippen LogP contribution is 2.34. The lowest BCUT2D eigenvalue weighted by atomic mass is 9.97. The summed E-state index contributed by atoms with van der Waals surface area (Å²) in [4.78, 5) is 19.5. The van der Waals surface area contributed by atoms with Gasteiger partial charge in [0.1, 0.15) is 5.75 Å². The summed E-state index contributed by atoms with van der Waals surface area (Å²) >= 11 is 7.78. The lowest BCUT2D eigenvalue weighted by molar-refractivity contribution is -0.132. The molecule has 170 valence electrons. The van der Waals surface area contributed by atoms with Crippen molar-refractivity contribution in [3.05, 3.63) is 52.5 Å². The quantitative estimate of drug-likeness (QED) is 0.437. The SMILES string of the molecule is CS(=O)(=O)c1ccc(OCCCC(=O)N2CCC(c3nc4cc(Cl)ccc4s3)CC2)cc1. The summed E-state index contributed by atoms with van der Waals surface area (Å²) in [6, 6.07) is 12.1. The van der Waals surface area contributed by atoms with E-state index >= 15 is 0 Å². The average Bonchev–Trinajstić information content (AvgIpc) is 3.19. The van der Waals surface area contributed by atoms with Gasteiger partial charge in [0.2, 0.25) is 5.91 Å². The molecule has 3 aromatic rings. The number of likely N-dealkylation sites (tertiary alicyclic amines) is 1. The number of carbonyl (C=O) groups excluding carboxylic acids is 1. The third kappa shape index (κ3) is 5.60. The second-order valence-electron chi connectivity index (χ2n) is 8.01. The molecule has 0 bridgehead atoms. The minimum Gasteiger partial charge on any atom is -0.494 e. The fourth-order valence-electron chi connectivity index (χ4n) is 3.82. The van der Waals surface area contributed by atoms with Gasteiger partial charge in [0.25, 0.3) is 0 Å². The molecule has 6 nitrogen and oxygen atoms in total. The first-order valence-corrected chi connectivity index (χ1v) is 13.6. The van der Waals surface area contributed by atoms with Crippen molar-refractivity contribution >= 4 is 48.9 Å². The highest BCUT2D eigenvalue weighted by molar-refractivity contribution is 7.90. The number of carbonyl (C=O) groups is 1. The van der Waals surface area contributed by atoms with Gasteiger partial charge in [-0.05, 0) is 61.7 Å². The van der Waals surface area contributed by atoms with Crippen LogP contribution in [-0.2, 0) is 14.6 Å². The number of fused-ring (bicyclic) bond motifs is 1. The summed E-state index contributed by atoms with van der Waals surface area (Å²) in [5, 5.41) is 1.83. The van der Waals surface area contributed by atoms with Crippen LogP contribution in [0.15, 0.2) is 47.4 Å². The van der Waals surface area contributed by atoms with Crippen molar-refractivity contribution in [2.45, 2.75) is 36.5 Å². The molecule has 1 saturated heterocycles. The summed E-state index contributed by atoms with van der Waals surface area (Å²) < 4.78 is 29.8. The maximum atomic E-state index is 12.6. The van der Waals surface area contributed by atoms with Crippen LogP contribution in [-0.4, -0.2) is 50.2 Å². The van der Waals surface area contributed by atoms with Gasteiger partial charge in [0.15, 0.2) is 9.84 Å². The topological polar surface area (TPSA) is 76.6 Å². The Morgan fingerprint density at radius 2 is 1.91 bits per heavy atom. The van der Waals surface area contributed by atoms with Crippen LogP contribution in [0.1, 0.15) is 36.6 Å². The molecular formula is C23H25ClN2O4S2. The van der Waals surface area contributed by atoms with Crippen LogP contribution in [0, 0.1) is 0 Å². The second-order valence-corrected chi connectivity index (χ2v) is 11.5. The predicted molar refractivity (Wildman–Crippen MR) is 127 cm³/mol. The van der Waals surface area contributed by atoms with Gasteiger partial charge in [-0.1, -0.05) is 11.6 Å². The van der Waals surface area contributed by atoms with Crippen molar-refractivity contribution < 1.29 is 17.9 Å². The van der Waals surface area contributed by atoms with Crippen LogP contribution in [0.5, 0.6) is 5.75 Å². The maximum Gasteiger partial charge on any atom is 0.222 e. The van der Waals surface area contributed by atoms with E-state index in [1.165, 1.54) is 18.4 Å². The van der Waals surface area contributed by atoms with Gasteiger partial charge in [-0.3, -0.25) is 4.79 Å². The van der Waals surface area contributed by atoms with E-state index in [-0.39, 0.29) is 10.8 Å². The summed E-state index contributed by atoms with van der Waals surface area (Å²) in [7, 11) is -3.21. The summed E-state index contributed by atoms with van der Waals surface area (Å²) in [5.74, 6) is 1.13. The highest BCUT2D eigenvalue weighted by atomic mass is 35.5. The predicted octanol–water partition coefficient (Wildman–Crippen LogP) is 4.92. The van der Waals surface area contributed by atoms with Crippen LogP contribution < -0.4 is 4.74 Å². The Bertz CT molecular complexity index is 1200. The number of rotatable bonds is 7. The van der Waals surface area contributed by atoms with Gasteiger partial charge in [-0.25, -0.2) is 13.4 Å². The number of sulfone groups is 1. The van der Waals surface area contributed by atoms with Crippen molar-refractivity contribution in [1.29, 1.82) is 0 Å². The van der Waals surface area contributed by atoms with E-state index in [0.717, 1.165) is 41.2 Å². The highest BCUT2D eigenvalue weighted by Gasteiger charge is 2.25. The number of hydrogen-bond donors (Lipinski definition) is 0. The van der Waals surface area contributed by atoms with Crippen molar-refractivity contribution in [2.24, 2.45) is 0 Å². The number of amides is 1. The van der Waals surface area contributed by atoms with Crippen LogP contribution in [0.3, 0.4) is 0 Å². The molecule has 1 aliphatic heterocycles. The number of benzene rings is 2. The van der Waals surface area contributed by atoms with Crippen molar-refractivity contribution in [3.8, 4) is 5.75 Å². The number of halogens is 1. The lowest BCUT2D eigenvalue weighted by Gasteiger charge is -2.31. The summed E-state index contributed by atoms with van der Waals surface area (Å²) in [6.07, 6.45) is 4.06. The van der Waals surface area contributed by atoms with Gasteiger partial charge in [0.05, 0.1) is 26.7 Å². The maximum absolute atomic E-state index is 12.6. The third-order valence-corrected chi connectivity index (χ3v) is 8.18. The van der Waals surface area contributed by atoms with Crippen molar-refractivity contribution in [2.75, 3.05) is 26.0 Å². The number of piperidine rings is 1. The molecule has 1 aromatic heterocycles. The van der Waals surface area contributed by atoms with Crippen LogP contribution in [0.25, 0.3) is 10.2 Å². The zero-order chi connectivity index (χ0) is 22.7. The normalized spacial score (nSPS) is 15.2. The average molecular weight is 493 g/mol. The molecule has 0 N–H and O–H groups in total. The van der Waals surface area contributed by atoms with E-state index < -0.39 is 9.84 Å². The van der Waals surface area contributed by atoms with Crippen LogP contribution in [0.2, 0.25) is 5.02 Å². The molecule has 0 saturated carbocycles. The molecule has 0 aliphatic carbocycles. The first kappa shape index (κ1) is 23.0. The third-order valence-electron chi connectivity index (χ3n) is 5.62. The molecule has 2 heterocycles.